The van der Waals surface area contributed by atoms with Crippen molar-refractivity contribution in [3.05, 3.63) is 41.7 Å². The summed E-state index contributed by atoms with van der Waals surface area (Å²) in [4.78, 5) is 35.5. The van der Waals surface area contributed by atoms with Crippen molar-refractivity contribution in [2.45, 2.75) is 45.6 Å². The van der Waals surface area contributed by atoms with Crippen LogP contribution in [-0.4, -0.2) is 39.3 Å². The molecule has 1 fully saturated rings. The number of nitrogens with one attached hydrogen (secondary N) is 1. The summed E-state index contributed by atoms with van der Waals surface area (Å²) >= 11 is 0. The van der Waals surface area contributed by atoms with Crippen molar-refractivity contribution in [3.63, 3.8) is 0 Å². The Morgan fingerprint density at radius 2 is 2.16 bits per heavy atom. The van der Waals surface area contributed by atoms with Gasteiger partial charge in [0.05, 0.1) is 6.26 Å². The number of aromatic nitrogens is 2. The molecule has 1 atom stereocenters. The Balaban J connectivity index is 1.75. The van der Waals surface area contributed by atoms with Crippen LogP contribution in [0.2, 0.25) is 0 Å². The van der Waals surface area contributed by atoms with E-state index < -0.39 is 6.04 Å². The summed E-state index contributed by atoms with van der Waals surface area (Å²) in [5.41, 5.74) is 0.795. The van der Waals surface area contributed by atoms with Gasteiger partial charge in [-0.2, -0.15) is 0 Å². The lowest BCUT2D eigenvalue weighted by atomic mass is 10.2. The van der Waals surface area contributed by atoms with E-state index in [0.717, 1.165) is 12.1 Å². The Kier molecular flexibility index (Phi) is 4.83. The van der Waals surface area contributed by atoms with E-state index in [0.29, 0.717) is 24.6 Å². The van der Waals surface area contributed by atoms with Gasteiger partial charge in [0.2, 0.25) is 5.91 Å². The third-order valence-corrected chi connectivity index (χ3v) is 4.19. The lowest BCUT2D eigenvalue weighted by Gasteiger charge is -2.23. The molecule has 25 heavy (non-hydrogen) atoms. The number of nitrogens with zero attached hydrogens (tertiary/aromatic N) is 3. The van der Waals surface area contributed by atoms with Gasteiger partial charge in [0.15, 0.2) is 5.76 Å². The lowest BCUT2D eigenvalue weighted by molar-refractivity contribution is -0.119. The fourth-order valence-corrected chi connectivity index (χ4v) is 2.95. The van der Waals surface area contributed by atoms with Gasteiger partial charge in [-0.05, 0) is 31.9 Å². The van der Waals surface area contributed by atoms with Crippen molar-refractivity contribution in [1.29, 1.82) is 0 Å². The molecule has 0 aromatic carbocycles. The molecule has 132 valence electrons. The van der Waals surface area contributed by atoms with Crippen LogP contribution in [0.1, 0.15) is 54.7 Å². The highest BCUT2D eigenvalue weighted by atomic mass is 16.3. The highest BCUT2D eigenvalue weighted by molar-refractivity contribution is 6.00. The van der Waals surface area contributed by atoms with E-state index in [4.69, 9.17) is 4.42 Å². The van der Waals surface area contributed by atoms with Gasteiger partial charge in [-0.15, -0.1) is 0 Å². The quantitative estimate of drug-likeness (QED) is 0.923. The van der Waals surface area contributed by atoms with E-state index in [-0.39, 0.29) is 23.5 Å². The molecule has 0 aliphatic carbocycles. The van der Waals surface area contributed by atoms with E-state index >= 15 is 0 Å². The van der Waals surface area contributed by atoms with Crippen LogP contribution in [0.15, 0.2) is 28.9 Å². The topological polar surface area (TPSA) is 88.3 Å². The molecule has 0 spiro atoms. The number of carbonyl (C=O) groups is 2. The fourth-order valence-electron chi connectivity index (χ4n) is 2.95. The first kappa shape index (κ1) is 17.1. The second-order valence-corrected chi connectivity index (χ2v) is 6.53. The third-order valence-electron chi connectivity index (χ3n) is 4.19. The van der Waals surface area contributed by atoms with Crippen LogP contribution in [-0.2, 0) is 4.79 Å². The number of furan rings is 1. The number of hydrogen-bond acceptors (Lipinski definition) is 5. The van der Waals surface area contributed by atoms with Crippen molar-refractivity contribution >= 4 is 17.6 Å². The molecule has 0 bridgehead atoms. The van der Waals surface area contributed by atoms with E-state index in [1.165, 1.54) is 6.26 Å². The molecule has 0 saturated carbocycles. The molecule has 1 aliphatic heterocycles. The summed E-state index contributed by atoms with van der Waals surface area (Å²) in [5, 5.41) is 2.84. The SMILES string of the molecule is Cc1cc(NC(=O)[C@@H]2CCCN2C(=O)c2ccco2)nc(C(C)C)n1. The van der Waals surface area contributed by atoms with E-state index in [2.05, 4.69) is 15.3 Å². The minimum absolute atomic E-state index is 0.166. The Labute approximate surface area is 146 Å². The second kappa shape index (κ2) is 7.04. The van der Waals surface area contributed by atoms with Crippen LogP contribution in [0.5, 0.6) is 0 Å². The smallest absolute Gasteiger partial charge is 0.290 e. The number of likely N-dealkylation sites (tertiary alicyclic amines) is 1. The van der Waals surface area contributed by atoms with Crippen LogP contribution in [0.3, 0.4) is 0 Å². The van der Waals surface area contributed by atoms with Gasteiger partial charge in [0.1, 0.15) is 17.7 Å². The van der Waals surface area contributed by atoms with Crippen molar-refractivity contribution in [2.24, 2.45) is 0 Å². The predicted molar refractivity (Wildman–Crippen MR) is 92.3 cm³/mol. The molecule has 0 radical (unpaired) electrons. The van der Waals surface area contributed by atoms with Gasteiger partial charge in [-0.3, -0.25) is 9.59 Å². The lowest BCUT2D eigenvalue weighted by Crippen LogP contribution is -2.43. The Hall–Kier alpha value is -2.70. The summed E-state index contributed by atoms with van der Waals surface area (Å²) in [7, 11) is 0. The molecule has 3 heterocycles. The van der Waals surface area contributed by atoms with Crippen molar-refractivity contribution in [2.75, 3.05) is 11.9 Å². The van der Waals surface area contributed by atoms with Gasteiger partial charge >= 0.3 is 0 Å². The maximum absolute atomic E-state index is 12.7. The van der Waals surface area contributed by atoms with Crippen molar-refractivity contribution in [3.8, 4) is 0 Å². The molecule has 2 aromatic rings. The molecule has 7 nitrogen and oxygen atoms in total. The molecule has 2 amide bonds. The van der Waals surface area contributed by atoms with Crippen LogP contribution in [0.25, 0.3) is 0 Å². The minimum atomic E-state index is -0.518. The highest BCUT2D eigenvalue weighted by Crippen LogP contribution is 2.22. The van der Waals surface area contributed by atoms with Crippen LogP contribution >= 0.6 is 0 Å². The van der Waals surface area contributed by atoms with Gasteiger partial charge in [-0.25, -0.2) is 9.97 Å². The zero-order chi connectivity index (χ0) is 18.0. The third kappa shape index (κ3) is 3.70. The average Bonchev–Trinajstić information content (AvgIpc) is 3.25. The number of carbonyl (C=O) groups excluding carboxylic acids is 2. The zero-order valence-electron chi connectivity index (χ0n) is 14.7. The van der Waals surface area contributed by atoms with Crippen LogP contribution in [0.4, 0.5) is 5.82 Å². The van der Waals surface area contributed by atoms with Gasteiger partial charge in [0, 0.05) is 24.2 Å². The molecule has 2 aromatic heterocycles. The molecule has 3 rings (SSSR count). The molecule has 7 heteroatoms. The first-order valence-electron chi connectivity index (χ1n) is 8.46. The van der Waals surface area contributed by atoms with Crippen molar-refractivity contribution < 1.29 is 14.0 Å². The Morgan fingerprint density at radius 1 is 1.36 bits per heavy atom. The van der Waals surface area contributed by atoms with Gasteiger partial charge < -0.3 is 14.6 Å². The average molecular weight is 342 g/mol. The summed E-state index contributed by atoms with van der Waals surface area (Å²) < 4.78 is 5.17. The number of rotatable bonds is 4. The summed E-state index contributed by atoms with van der Waals surface area (Å²) in [6, 6.07) is 4.49. The summed E-state index contributed by atoms with van der Waals surface area (Å²) in [6.07, 6.45) is 2.86. The summed E-state index contributed by atoms with van der Waals surface area (Å²) in [5.74, 6) is 1.08. The second-order valence-electron chi connectivity index (χ2n) is 6.53. The minimum Gasteiger partial charge on any atom is -0.459 e. The van der Waals surface area contributed by atoms with Crippen molar-refractivity contribution in [1.82, 2.24) is 14.9 Å². The molecule has 1 N–H and O–H groups in total. The Bertz CT molecular complexity index is 771. The number of hydrogen-bond donors (Lipinski definition) is 1. The molecule has 1 aliphatic rings. The molecule has 0 unspecified atom stereocenters. The number of anilines is 1. The maximum Gasteiger partial charge on any atom is 0.290 e. The first-order chi connectivity index (χ1) is 12.0. The first-order valence-corrected chi connectivity index (χ1v) is 8.46. The number of aryl methyl sites for hydroxylation is 1. The maximum atomic E-state index is 12.7. The molecular weight excluding hydrogens is 320 g/mol. The van der Waals surface area contributed by atoms with E-state index in [9.17, 15) is 9.59 Å². The van der Waals surface area contributed by atoms with Gasteiger partial charge in [0.25, 0.3) is 5.91 Å². The Morgan fingerprint density at radius 3 is 2.84 bits per heavy atom. The highest BCUT2D eigenvalue weighted by Gasteiger charge is 2.35. The predicted octanol–water partition coefficient (Wildman–Crippen LogP) is 2.74. The molecule has 1 saturated heterocycles. The van der Waals surface area contributed by atoms with Crippen LogP contribution < -0.4 is 5.32 Å². The fraction of sp³-hybridized carbons (Fsp3) is 0.444. The monoisotopic (exact) mass is 342 g/mol. The zero-order valence-corrected chi connectivity index (χ0v) is 14.7. The molecular formula is C18H22N4O3. The van der Waals surface area contributed by atoms with E-state index in [1.807, 2.05) is 20.8 Å². The van der Waals surface area contributed by atoms with Gasteiger partial charge in [-0.1, -0.05) is 13.8 Å². The summed E-state index contributed by atoms with van der Waals surface area (Å²) in [6.45, 7) is 6.41. The normalized spacial score (nSPS) is 17.1. The standard InChI is InChI=1S/C18H22N4O3/c1-11(2)16-19-12(3)10-15(20-16)21-17(23)13-6-4-8-22(13)18(24)14-7-5-9-25-14/h5,7,9-11,13H,4,6,8H2,1-3H3,(H,19,20,21,23)/t13-/m0/s1. The van der Waals surface area contributed by atoms with E-state index in [1.54, 1.807) is 23.1 Å². The van der Waals surface area contributed by atoms with Crippen LogP contribution in [0, 0.1) is 6.92 Å². The largest absolute Gasteiger partial charge is 0.459 e. The number of amides is 2.